The molecule has 0 aromatic carbocycles. The number of allylic oxidation sites excluding steroid dienone is 4. The van der Waals surface area contributed by atoms with Crippen LogP contribution in [-0.2, 0) is 8.85 Å². The molecule has 7 atom stereocenters. The Balaban J connectivity index is 1.72. The van der Waals surface area contributed by atoms with Gasteiger partial charge in [-0.1, -0.05) is 26.0 Å². The van der Waals surface area contributed by atoms with Crippen molar-refractivity contribution in [3.8, 4) is 0 Å². The molecule has 4 aliphatic carbocycles. The maximum absolute atomic E-state index is 7.06. The van der Waals surface area contributed by atoms with Crippen LogP contribution in [0.1, 0.15) is 52.4 Å². The van der Waals surface area contributed by atoms with E-state index in [-0.39, 0.29) is 5.41 Å². The van der Waals surface area contributed by atoms with Crippen molar-refractivity contribution in [2.24, 2.45) is 34.5 Å². The summed E-state index contributed by atoms with van der Waals surface area (Å²) in [6, 6.07) is 0. The van der Waals surface area contributed by atoms with E-state index in [0.29, 0.717) is 17.4 Å². The van der Waals surface area contributed by atoms with Gasteiger partial charge in [-0.15, -0.1) is 0 Å². The van der Waals surface area contributed by atoms with E-state index >= 15 is 0 Å². The van der Waals surface area contributed by atoms with Crippen LogP contribution in [0.5, 0.6) is 0 Å². The molecule has 0 spiro atoms. The van der Waals surface area contributed by atoms with E-state index in [2.05, 4.69) is 71.4 Å². The van der Waals surface area contributed by atoms with E-state index < -0.39 is 16.6 Å². The molecule has 0 aliphatic heterocycles. The van der Waals surface area contributed by atoms with Crippen LogP contribution in [0.25, 0.3) is 0 Å². The van der Waals surface area contributed by atoms with E-state index in [4.69, 9.17) is 8.85 Å². The maximum Gasteiger partial charge on any atom is 0.241 e. The van der Waals surface area contributed by atoms with E-state index in [0.717, 1.165) is 24.2 Å². The van der Waals surface area contributed by atoms with Crippen LogP contribution in [0.4, 0.5) is 0 Å². The fraction of sp³-hybridized carbons (Fsp3) is 0.840. The zero-order chi connectivity index (χ0) is 21.2. The van der Waals surface area contributed by atoms with Crippen molar-refractivity contribution in [1.29, 1.82) is 0 Å². The molecule has 0 saturated heterocycles. The molecule has 2 saturated carbocycles. The van der Waals surface area contributed by atoms with Crippen LogP contribution in [0.2, 0.25) is 39.3 Å². The van der Waals surface area contributed by atoms with Gasteiger partial charge in [-0.2, -0.15) is 0 Å². The first kappa shape index (κ1) is 21.9. The van der Waals surface area contributed by atoms with Crippen molar-refractivity contribution in [1.82, 2.24) is 0 Å². The Kier molecular flexibility index (Phi) is 5.36. The predicted molar refractivity (Wildman–Crippen MR) is 128 cm³/mol. The smallest absolute Gasteiger partial charge is 0.241 e. The van der Waals surface area contributed by atoms with Crippen LogP contribution < -0.4 is 0 Å². The lowest BCUT2D eigenvalue weighted by atomic mass is 9.45. The standard InChI is InChI=1S/C25H44O2Si2/c1-24-16-10-9-11-18(24)12-13-19-20-14-15-22(27-29(6,7)8)25(20,2)17-21(23(19)24)26-28(3,4)5/h9-10,15,18-21,23H,11-14,16-17H2,1-8H3/t18-,19+,20+,21+,23-,24+,25+/m1/s1. The highest BCUT2D eigenvalue weighted by Crippen LogP contribution is 2.66. The SMILES string of the molecule is C[C@]12CC=CC[C@@H]1CC[C@@H]1[C@@H]2[C@@H](O[Si](C)(C)C)C[C@]2(C)C(O[Si](C)(C)C)=CC[C@@H]12. The third-order valence-corrected chi connectivity index (χ3v) is 10.4. The fourth-order valence-electron chi connectivity index (χ4n) is 7.51. The molecule has 0 aromatic heterocycles. The summed E-state index contributed by atoms with van der Waals surface area (Å²) in [5, 5.41) is 0. The highest BCUT2D eigenvalue weighted by atomic mass is 28.4. The summed E-state index contributed by atoms with van der Waals surface area (Å²) in [6.45, 7) is 19.2. The number of fused-ring (bicyclic) bond motifs is 5. The van der Waals surface area contributed by atoms with Crippen molar-refractivity contribution >= 4 is 16.6 Å². The molecule has 2 fully saturated rings. The molecule has 0 amide bonds. The zero-order valence-corrected chi connectivity index (χ0v) is 22.2. The van der Waals surface area contributed by atoms with E-state index in [1.165, 1.54) is 37.9 Å². The molecule has 164 valence electrons. The van der Waals surface area contributed by atoms with E-state index in [9.17, 15) is 0 Å². The molecule has 0 unspecified atom stereocenters. The summed E-state index contributed by atoms with van der Waals surface area (Å²) in [5.41, 5.74) is 0.575. The minimum absolute atomic E-state index is 0.166. The first-order valence-corrected chi connectivity index (χ1v) is 18.9. The minimum Gasteiger partial charge on any atom is -0.547 e. The van der Waals surface area contributed by atoms with Crippen molar-refractivity contribution in [3.63, 3.8) is 0 Å². The second-order valence-corrected chi connectivity index (χ2v) is 21.8. The first-order chi connectivity index (χ1) is 13.3. The third kappa shape index (κ3) is 3.87. The topological polar surface area (TPSA) is 18.5 Å². The van der Waals surface area contributed by atoms with Crippen LogP contribution in [0.15, 0.2) is 24.0 Å². The summed E-state index contributed by atoms with van der Waals surface area (Å²) in [7, 11) is -3.24. The van der Waals surface area contributed by atoms with Gasteiger partial charge in [-0.05, 0) is 113 Å². The normalized spacial score (nSPS) is 44.6. The monoisotopic (exact) mass is 432 g/mol. The third-order valence-electron chi connectivity index (χ3n) is 8.55. The Labute approximate surface area is 181 Å². The Morgan fingerprint density at radius 2 is 1.66 bits per heavy atom. The van der Waals surface area contributed by atoms with Gasteiger partial charge >= 0.3 is 0 Å². The molecule has 4 aliphatic rings. The summed E-state index contributed by atoms with van der Waals surface area (Å²) in [4.78, 5) is 0. The van der Waals surface area contributed by atoms with Crippen LogP contribution in [0, 0.1) is 34.5 Å². The van der Waals surface area contributed by atoms with Gasteiger partial charge in [0.25, 0.3) is 0 Å². The Bertz CT molecular complexity index is 701. The van der Waals surface area contributed by atoms with Gasteiger partial charge in [-0.25, -0.2) is 0 Å². The highest BCUT2D eigenvalue weighted by molar-refractivity contribution is 6.70. The molecular formula is C25H44O2Si2. The molecule has 4 rings (SSSR count). The Morgan fingerprint density at radius 1 is 0.931 bits per heavy atom. The van der Waals surface area contributed by atoms with Gasteiger partial charge in [0.1, 0.15) is 0 Å². The van der Waals surface area contributed by atoms with Crippen molar-refractivity contribution in [3.05, 3.63) is 24.0 Å². The highest BCUT2D eigenvalue weighted by Gasteiger charge is 2.62. The minimum atomic E-state index is -1.63. The summed E-state index contributed by atoms with van der Waals surface area (Å²) in [6.07, 6.45) is 15.5. The average molecular weight is 433 g/mol. The molecule has 29 heavy (non-hydrogen) atoms. The first-order valence-electron chi connectivity index (χ1n) is 12.1. The molecule has 0 heterocycles. The molecule has 0 aromatic rings. The van der Waals surface area contributed by atoms with E-state index in [1.54, 1.807) is 0 Å². The number of hydrogen-bond acceptors (Lipinski definition) is 2. The Morgan fingerprint density at radius 3 is 2.31 bits per heavy atom. The van der Waals surface area contributed by atoms with Gasteiger partial charge in [0, 0.05) is 11.5 Å². The molecule has 0 radical (unpaired) electrons. The summed E-state index contributed by atoms with van der Waals surface area (Å²) in [5.74, 6) is 4.39. The second-order valence-electron chi connectivity index (χ2n) is 12.9. The predicted octanol–water partition coefficient (Wildman–Crippen LogP) is 7.37. The van der Waals surface area contributed by atoms with Gasteiger partial charge in [-0.3, -0.25) is 0 Å². The van der Waals surface area contributed by atoms with Gasteiger partial charge in [0.2, 0.25) is 8.32 Å². The lowest BCUT2D eigenvalue weighted by molar-refractivity contribution is -0.146. The van der Waals surface area contributed by atoms with Crippen LogP contribution in [0.3, 0.4) is 0 Å². The number of rotatable bonds is 4. The van der Waals surface area contributed by atoms with Crippen LogP contribution >= 0.6 is 0 Å². The molecular weight excluding hydrogens is 388 g/mol. The van der Waals surface area contributed by atoms with Gasteiger partial charge in [0.05, 0.1) is 5.76 Å². The lowest BCUT2D eigenvalue weighted by Crippen LogP contribution is -2.59. The maximum atomic E-state index is 7.06. The quantitative estimate of drug-likeness (QED) is 0.341. The Hall–Kier alpha value is -0.326. The largest absolute Gasteiger partial charge is 0.547 e. The molecule has 0 N–H and O–H groups in total. The summed E-state index contributed by atoms with van der Waals surface area (Å²) < 4.78 is 13.8. The van der Waals surface area contributed by atoms with Gasteiger partial charge < -0.3 is 8.85 Å². The van der Waals surface area contributed by atoms with Crippen molar-refractivity contribution in [2.45, 2.75) is 97.8 Å². The molecule has 0 bridgehead atoms. The fourth-order valence-corrected chi connectivity index (χ4v) is 9.63. The van der Waals surface area contributed by atoms with Gasteiger partial charge in [0.15, 0.2) is 8.32 Å². The van der Waals surface area contributed by atoms with E-state index in [1.807, 2.05) is 0 Å². The lowest BCUT2D eigenvalue weighted by Gasteiger charge is -2.62. The zero-order valence-electron chi connectivity index (χ0n) is 20.2. The molecule has 4 heteroatoms. The van der Waals surface area contributed by atoms with Crippen molar-refractivity contribution in [2.75, 3.05) is 0 Å². The summed E-state index contributed by atoms with van der Waals surface area (Å²) >= 11 is 0. The van der Waals surface area contributed by atoms with Crippen molar-refractivity contribution < 1.29 is 8.85 Å². The van der Waals surface area contributed by atoms with Crippen LogP contribution in [-0.4, -0.2) is 22.7 Å². The molecule has 2 nitrogen and oxygen atoms in total. The average Bonchev–Trinajstić information content (AvgIpc) is 2.87. The second kappa shape index (κ2) is 7.10. The number of hydrogen-bond donors (Lipinski definition) is 0.